The molecule has 13 heavy (non-hydrogen) atoms. The summed E-state index contributed by atoms with van der Waals surface area (Å²) >= 11 is 0. The molecule has 1 aliphatic carbocycles. The fourth-order valence-corrected chi connectivity index (χ4v) is 1.68. The molecule has 1 aromatic rings. The van der Waals surface area contributed by atoms with Crippen LogP contribution < -0.4 is 5.32 Å². The van der Waals surface area contributed by atoms with Crippen LogP contribution in [0.4, 0.5) is 4.39 Å². The van der Waals surface area contributed by atoms with Crippen molar-refractivity contribution >= 4 is 0 Å². The average Bonchev–Trinajstić information content (AvgIpc) is 2.90. The van der Waals surface area contributed by atoms with Crippen LogP contribution in [0, 0.1) is 5.82 Å². The van der Waals surface area contributed by atoms with Crippen LogP contribution >= 0.6 is 0 Å². The maximum absolute atomic E-state index is 13.0. The van der Waals surface area contributed by atoms with Gasteiger partial charge in [0.05, 0.1) is 0 Å². The molecule has 0 atom stereocenters. The fourth-order valence-electron chi connectivity index (χ4n) is 1.68. The second-order valence-electron chi connectivity index (χ2n) is 3.47. The minimum Gasteiger partial charge on any atom is -0.505 e. The van der Waals surface area contributed by atoms with E-state index < -0.39 is 5.82 Å². The van der Waals surface area contributed by atoms with E-state index in [4.69, 9.17) is 0 Å². The topological polar surface area (TPSA) is 32.3 Å². The first kappa shape index (κ1) is 8.51. The molecule has 2 rings (SSSR count). The zero-order valence-electron chi connectivity index (χ0n) is 7.47. The third-order valence-electron chi connectivity index (χ3n) is 2.73. The molecule has 0 heterocycles. The van der Waals surface area contributed by atoms with Crippen LogP contribution in [-0.4, -0.2) is 12.2 Å². The number of hydrogen-bond acceptors (Lipinski definition) is 2. The predicted molar refractivity (Wildman–Crippen MR) is 48.0 cm³/mol. The van der Waals surface area contributed by atoms with Crippen molar-refractivity contribution in [2.45, 2.75) is 18.4 Å². The van der Waals surface area contributed by atoms with Crippen molar-refractivity contribution in [2.24, 2.45) is 0 Å². The highest BCUT2D eigenvalue weighted by molar-refractivity contribution is 5.42. The van der Waals surface area contributed by atoms with E-state index in [9.17, 15) is 9.50 Å². The molecule has 0 aromatic heterocycles. The molecule has 0 radical (unpaired) electrons. The molecule has 1 saturated carbocycles. The lowest BCUT2D eigenvalue weighted by atomic mass is 10.0. The monoisotopic (exact) mass is 181 g/mol. The summed E-state index contributed by atoms with van der Waals surface area (Å²) in [5.41, 5.74) is 0.502. The molecule has 0 bridgehead atoms. The van der Waals surface area contributed by atoms with Gasteiger partial charge in [-0.1, -0.05) is 12.1 Å². The summed E-state index contributed by atoms with van der Waals surface area (Å²) in [5, 5.41) is 12.6. The third-order valence-corrected chi connectivity index (χ3v) is 2.73. The Bertz CT molecular complexity index is 334. The van der Waals surface area contributed by atoms with E-state index in [1.54, 1.807) is 12.1 Å². The van der Waals surface area contributed by atoms with E-state index in [0.29, 0.717) is 5.56 Å². The third kappa shape index (κ3) is 1.20. The molecule has 1 fully saturated rings. The van der Waals surface area contributed by atoms with Crippen LogP contribution in [0.1, 0.15) is 18.4 Å². The van der Waals surface area contributed by atoms with Crippen molar-refractivity contribution in [3.05, 3.63) is 29.6 Å². The number of hydrogen-bond donors (Lipinski definition) is 2. The van der Waals surface area contributed by atoms with Crippen molar-refractivity contribution < 1.29 is 9.50 Å². The van der Waals surface area contributed by atoms with Gasteiger partial charge < -0.3 is 10.4 Å². The van der Waals surface area contributed by atoms with Crippen LogP contribution in [0.3, 0.4) is 0 Å². The number of halogens is 1. The number of phenolic OH excluding ortho intramolecular Hbond substituents is 1. The molecule has 1 aromatic carbocycles. The van der Waals surface area contributed by atoms with Gasteiger partial charge in [-0.05, 0) is 26.0 Å². The largest absolute Gasteiger partial charge is 0.505 e. The van der Waals surface area contributed by atoms with Gasteiger partial charge in [0.2, 0.25) is 0 Å². The summed E-state index contributed by atoms with van der Waals surface area (Å²) in [4.78, 5) is 0. The zero-order chi connectivity index (χ0) is 9.47. The molecule has 0 unspecified atom stereocenters. The molecule has 0 amide bonds. The predicted octanol–water partition coefficient (Wildman–Crippen LogP) is 1.74. The van der Waals surface area contributed by atoms with Crippen molar-refractivity contribution in [3.8, 4) is 5.75 Å². The molecule has 0 spiro atoms. The first-order valence-corrected chi connectivity index (χ1v) is 4.36. The van der Waals surface area contributed by atoms with Gasteiger partial charge in [0.25, 0.3) is 0 Å². The summed E-state index contributed by atoms with van der Waals surface area (Å²) in [6, 6.07) is 4.66. The van der Waals surface area contributed by atoms with Crippen molar-refractivity contribution in [3.63, 3.8) is 0 Å². The Morgan fingerprint density at radius 1 is 1.46 bits per heavy atom. The van der Waals surface area contributed by atoms with Gasteiger partial charge in [-0.15, -0.1) is 0 Å². The molecular weight excluding hydrogens is 169 g/mol. The number of para-hydroxylation sites is 1. The number of nitrogens with one attached hydrogen (secondary N) is 1. The Labute approximate surface area is 76.4 Å². The van der Waals surface area contributed by atoms with E-state index in [-0.39, 0.29) is 11.3 Å². The van der Waals surface area contributed by atoms with Crippen LogP contribution in [-0.2, 0) is 5.54 Å². The number of aromatic hydroxyl groups is 1. The molecule has 1 aliphatic rings. The molecule has 2 N–H and O–H groups in total. The van der Waals surface area contributed by atoms with Gasteiger partial charge in [-0.3, -0.25) is 0 Å². The number of rotatable bonds is 2. The Morgan fingerprint density at radius 2 is 2.15 bits per heavy atom. The summed E-state index contributed by atoms with van der Waals surface area (Å²) in [7, 11) is 1.83. The van der Waals surface area contributed by atoms with E-state index >= 15 is 0 Å². The lowest BCUT2D eigenvalue weighted by Crippen LogP contribution is -2.24. The highest BCUT2D eigenvalue weighted by atomic mass is 19.1. The Kier molecular flexibility index (Phi) is 1.77. The highest BCUT2D eigenvalue weighted by Crippen LogP contribution is 2.48. The Morgan fingerprint density at radius 3 is 2.69 bits per heavy atom. The van der Waals surface area contributed by atoms with Crippen LogP contribution in [0.5, 0.6) is 5.75 Å². The standard InChI is InChI=1S/C10H12FNO/c1-12-10(5-6-10)7-3-2-4-8(11)9(7)13/h2-4,12-13H,5-6H2,1H3. The second-order valence-corrected chi connectivity index (χ2v) is 3.47. The van der Waals surface area contributed by atoms with Crippen molar-refractivity contribution in [1.82, 2.24) is 5.32 Å². The molecule has 3 heteroatoms. The lowest BCUT2D eigenvalue weighted by Gasteiger charge is -2.15. The molecule has 2 nitrogen and oxygen atoms in total. The van der Waals surface area contributed by atoms with Gasteiger partial charge in [-0.2, -0.15) is 0 Å². The summed E-state index contributed by atoms with van der Waals surface area (Å²) in [6.45, 7) is 0. The van der Waals surface area contributed by atoms with E-state index in [1.807, 2.05) is 7.05 Å². The first-order chi connectivity index (χ1) is 6.19. The zero-order valence-corrected chi connectivity index (χ0v) is 7.47. The second kappa shape index (κ2) is 2.70. The van der Waals surface area contributed by atoms with E-state index in [1.165, 1.54) is 6.07 Å². The number of benzene rings is 1. The minimum absolute atomic E-state index is 0.174. The molecule has 70 valence electrons. The van der Waals surface area contributed by atoms with Gasteiger partial charge in [0.1, 0.15) is 0 Å². The molecule has 0 saturated heterocycles. The fraction of sp³-hybridized carbons (Fsp3) is 0.400. The van der Waals surface area contributed by atoms with Crippen molar-refractivity contribution in [1.29, 1.82) is 0 Å². The summed E-state index contributed by atoms with van der Waals surface area (Å²) in [5.74, 6) is -0.756. The molecule has 0 aliphatic heterocycles. The lowest BCUT2D eigenvalue weighted by molar-refractivity contribution is 0.412. The van der Waals surface area contributed by atoms with Crippen LogP contribution in [0.15, 0.2) is 18.2 Å². The first-order valence-electron chi connectivity index (χ1n) is 4.36. The van der Waals surface area contributed by atoms with Crippen molar-refractivity contribution in [2.75, 3.05) is 7.05 Å². The Balaban J connectivity index is 2.46. The number of phenols is 1. The summed E-state index contributed by atoms with van der Waals surface area (Å²) in [6.07, 6.45) is 1.92. The minimum atomic E-state index is -0.543. The van der Waals surface area contributed by atoms with Crippen LogP contribution in [0.2, 0.25) is 0 Å². The maximum atomic E-state index is 13.0. The van der Waals surface area contributed by atoms with Gasteiger partial charge in [0, 0.05) is 11.1 Å². The van der Waals surface area contributed by atoms with Gasteiger partial charge >= 0.3 is 0 Å². The quantitative estimate of drug-likeness (QED) is 0.728. The van der Waals surface area contributed by atoms with Gasteiger partial charge in [0.15, 0.2) is 11.6 Å². The molecular formula is C10H12FNO. The normalized spacial score (nSPS) is 18.6. The van der Waals surface area contributed by atoms with Crippen LogP contribution in [0.25, 0.3) is 0 Å². The summed E-state index contributed by atoms with van der Waals surface area (Å²) < 4.78 is 13.0. The SMILES string of the molecule is CNC1(c2cccc(F)c2O)CC1. The smallest absolute Gasteiger partial charge is 0.165 e. The Hall–Kier alpha value is -1.09. The highest BCUT2D eigenvalue weighted by Gasteiger charge is 2.44. The van der Waals surface area contributed by atoms with Gasteiger partial charge in [-0.25, -0.2) is 4.39 Å². The van der Waals surface area contributed by atoms with E-state index in [0.717, 1.165) is 12.8 Å². The van der Waals surface area contributed by atoms with E-state index in [2.05, 4.69) is 5.32 Å². The maximum Gasteiger partial charge on any atom is 0.165 e. The average molecular weight is 181 g/mol.